The van der Waals surface area contributed by atoms with Crippen molar-refractivity contribution in [1.82, 2.24) is 5.32 Å². The Hall–Kier alpha value is -0.570. The molecular formula is C11H21NO2. The van der Waals surface area contributed by atoms with Gasteiger partial charge in [-0.1, -0.05) is 13.8 Å². The lowest BCUT2D eigenvalue weighted by Crippen LogP contribution is -2.32. The van der Waals surface area contributed by atoms with Gasteiger partial charge in [0.05, 0.1) is 6.61 Å². The summed E-state index contributed by atoms with van der Waals surface area (Å²) >= 11 is 0. The van der Waals surface area contributed by atoms with E-state index in [-0.39, 0.29) is 11.3 Å². The third-order valence-corrected chi connectivity index (χ3v) is 2.66. The van der Waals surface area contributed by atoms with Gasteiger partial charge in [0.25, 0.3) is 0 Å². The van der Waals surface area contributed by atoms with Crippen molar-refractivity contribution in [3.63, 3.8) is 0 Å². The van der Waals surface area contributed by atoms with Crippen molar-refractivity contribution in [2.45, 2.75) is 33.1 Å². The van der Waals surface area contributed by atoms with Crippen molar-refractivity contribution in [2.24, 2.45) is 11.3 Å². The highest BCUT2D eigenvalue weighted by Crippen LogP contribution is 2.44. The molecule has 0 unspecified atom stereocenters. The lowest BCUT2D eigenvalue weighted by Gasteiger charge is -2.15. The van der Waals surface area contributed by atoms with Crippen LogP contribution in [0.4, 0.5) is 0 Å². The number of ether oxygens (including phenoxy) is 1. The molecular weight excluding hydrogens is 178 g/mol. The molecule has 0 atom stereocenters. The highest BCUT2D eigenvalue weighted by atomic mass is 16.5. The van der Waals surface area contributed by atoms with Gasteiger partial charge in [-0.25, -0.2) is 0 Å². The first-order valence-electron chi connectivity index (χ1n) is 5.34. The van der Waals surface area contributed by atoms with E-state index in [1.165, 1.54) is 12.8 Å². The maximum atomic E-state index is 11.4. The Labute approximate surface area is 86.2 Å². The van der Waals surface area contributed by atoms with E-state index in [0.717, 1.165) is 13.2 Å². The number of carbonyl (C=O) groups excluding carboxylic acids is 1. The lowest BCUT2D eigenvalue weighted by molar-refractivity contribution is -0.122. The molecule has 0 spiro atoms. The standard InChI is InChI=1S/C11H21NO2/c1-9(2)6-10(13)12-7-11(4-5-11)8-14-3/h9H,4-8H2,1-3H3,(H,12,13). The molecule has 1 aliphatic rings. The first-order valence-corrected chi connectivity index (χ1v) is 5.34. The molecule has 14 heavy (non-hydrogen) atoms. The number of methoxy groups -OCH3 is 1. The van der Waals surface area contributed by atoms with Crippen LogP contribution in [0.5, 0.6) is 0 Å². The van der Waals surface area contributed by atoms with E-state index in [2.05, 4.69) is 19.2 Å². The zero-order valence-corrected chi connectivity index (χ0v) is 9.43. The fourth-order valence-corrected chi connectivity index (χ4v) is 1.58. The van der Waals surface area contributed by atoms with Crippen molar-refractivity contribution < 1.29 is 9.53 Å². The minimum atomic E-state index is 0.169. The van der Waals surface area contributed by atoms with E-state index in [9.17, 15) is 4.79 Å². The largest absolute Gasteiger partial charge is 0.384 e. The lowest BCUT2D eigenvalue weighted by atomic mass is 10.1. The number of rotatable bonds is 6. The Morgan fingerprint density at radius 2 is 2.14 bits per heavy atom. The van der Waals surface area contributed by atoms with Crippen LogP contribution in [0.3, 0.4) is 0 Å². The van der Waals surface area contributed by atoms with Gasteiger partial charge in [0, 0.05) is 25.5 Å². The molecule has 0 radical (unpaired) electrons. The molecule has 82 valence electrons. The summed E-state index contributed by atoms with van der Waals surface area (Å²) in [7, 11) is 1.72. The predicted molar refractivity (Wildman–Crippen MR) is 56.0 cm³/mol. The Kier molecular flexibility index (Phi) is 3.93. The van der Waals surface area contributed by atoms with Crippen molar-refractivity contribution in [3.8, 4) is 0 Å². The van der Waals surface area contributed by atoms with E-state index in [1.807, 2.05) is 0 Å². The number of carbonyl (C=O) groups is 1. The Balaban J connectivity index is 2.17. The zero-order chi connectivity index (χ0) is 10.6. The van der Waals surface area contributed by atoms with Crippen LogP contribution in [0, 0.1) is 11.3 Å². The van der Waals surface area contributed by atoms with Gasteiger partial charge >= 0.3 is 0 Å². The molecule has 0 aromatic carbocycles. The van der Waals surface area contributed by atoms with E-state index < -0.39 is 0 Å². The Morgan fingerprint density at radius 1 is 1.50 bits per heavy atom. The van der Waals surface area contributed by atoms with Gasteiger partial charge in [0.15, 0.2) is 0 Å². The molecule has 0 saturated heterocycles. The normalized spacial score (nSPS) is 18.3. The number of nitrogens with one attached hydrogen (secondary N) is 1. The molecule has 0 aromatic heterocycles. The molecule has 0 bridgehead atoms. The third-order valence-electron chi connectivity index (χ3n) is 2.66. The summed E-state index contributed by atoms with van der Waals surface area (Å²) in [6.45, 7) is 5.67. The molecule has 1 fully saturated rings. The summed E-state index contributed by atoms with van der Waals surface area (Å²) in [4.78, 5) is 11.4. The maximum absolute atomic E-state index is 11.4. The van der Waals surface area contributed by atoms with Crippen LogP contribution in [0.1, 0.15) is 33.1 Å². The molecule has 1 aliphatic carbocycles. The van der Waals surface area contributed by atoms with Gasteiger partial charge in [-0.2, -0.15) is 0 Å². The highest BCUT2D eigenvalue weighted by molar-refractivity contribution is 5.76. The Morgan fingerprint density at radius 3 is 2.57 bits per heavy atom. The van der Waals surface area contributed by atoms with Crippen LogP contribution in [-0.2, 0) is 9.53 Å². The first kappa shape index (κ1) is 11.5. The average molecular weight is 199 g/mol. The summed E-state index contributed by atoms with van der Waals surface area (Å²) in [6, 6.07) is 0. The molecule has 3 nitrogen and oxygen atoms in total. The fourth-order valence-electron chi connectivity index (χ4n) is 1.58. The third kappa shape index (κ3) is 3.66. The van der Waals surface area contributed by atoms with Crippen LogP contribution in [0.15, 0.2) is 0 Å². The van der Waals surface area contributed by atoms with Gasteiger partial charge in [0.2, 0.25) is 5.91 Å². The van der Waals surface area contributed by atoms with Gasteiger partial charge in [-0.3, -0.25) is 4.79 Å². The highest BCUT2D eigenvalue weighted by Gasteiger charge is 2.42. The van der Waals surface area contributed by atoms with Crippen LogP contribution >= 0.6 is 0 Å². The van der Waals surface area contributed by atoms with Crippen molar-refractivity contribution in [1.29, 1.82) is 0 Å². The molecule has 0 heterocycles. The minimum Gasteiger partial charge on any atom is -0.384 e. The quantitative estimate of drug-likeness (QED) is 0.705. The molecule has 0 aliphatic heterocycles. The number of amides is 1. The van der Waals surface area contributed by atoms with E-state index in [4.69, 9.17) is 4.74 Å². The van der Waals surface area contributed by atoms with Crippen LogP contribution < -0.4 is 5.32 Å². The van der Waals surface area contributed by atoms with E-state index in [1.54, 1.807) is 7.11 Å². The topological polar surface area (TPSA) is 38.3 Å². The van der Waals surface area contributed by atoms with Gasteiger partial charge in [-0.05, 0) is 18.8 Å². The van der Waals surface area contributed by atoms with Crippen LogP contribution in [-0.4, -0.2) is 26.2 Å². The van der Waals surface area contributed by atoms with Crippen molar-refractivity contribution in [3.05, 3.63) is 0 Å². The minimum absolute atomic E-state index is 0.169. The van der Waals surface area contributed by atoms with Gasteiger partial charge in [0.1, 0.15) is 0 Å². The number of hydrogen-bond donors (Lipinski definition) is 1. The van der Waals surface area contributed by atoms with Crippen LogP contribution in [0.2, 0.25) is 0 Å². The van der Waals surface area contributed by atoms with Gasteiger partial charge < -0.3 is 10.1 Å². The summed E-state index contributed by atoms with van der Waals surface area (Å²) < 4.78 is 5.13. The molecule has 3 heteroatoms. The number of hydrogen-bond acceptors (Lipinski definition) is 2. The first-order chi connectivity index (χ1) is 6.58. The average Bonchev–Trinajstić information content (AvgIpc) is 2.82. The van der Waals surface area contributed by atoms with Crippen molar-refractivity contribution >= 4 is 5.91 Å². The van der Waals surface area contributed by atoms with E-state index >= 15 is 0 Å². The maximum Gasteiger partial charge on any atom is 0.220 e. The smallest absolute Gasteiger partial charge is 0.220 e. The summed E-state index contributed by atoms with van der Waals surface area (Å²) in [5.74, 6) is 0.606. The second kappa shape index (κ2) is 4.78. The monoisotopic (exact) mass is 199 g/mol. The van der Waals surface area contributed by atoms with E-state index in [0.29, 0.717) is 12.3 Å². The van der Waals surface area contributed by atoms with Crippen molar-refractivity contribution in [2.75, 3.05) is 20.3 Å². The fraction of sp³-hybridized carbons (Fsp3) is 0.909. The predicted octanol–water partition coefficient (Wildman–Crippen LogP) is 1.58. The second-order valence-electron chi connectivity index (χ2n) is 4.81. The second-order valence-corrected chi connectivity index (χ2v) is 4.81. The molecule has 0 aromatic rings. The molecule has 1 rings (SSSR count). The van der Waals surface area contributed by atoms with Crippen LogP contribution in [0.25, 0.3) is 0 Å². The summed E-state index contributed by atoms with van der Waals surface area (Å²) in [5.41, 5.74) is 0.265. The van der Waals surface area contributed by atoms with Gasteiger partial charge in [-0.15, -0.1) is 0 Å². The SMILES string of the molecule is COCC1(CNC(=O)CC(C)C)CC1. The Bertz CT molecular complexity index is 197. The molecule has 1 saturated carbocycles. The zero-order valence-electron chi connectivity index (χ0n) is 9.43. The molecule has 1 amide bonds. The summed E-state index contributed by atoms with van der Waals surface area (Å²) in [5, 5.41) is 2.98. The summed E-state index contributed by atoms with van der Waals surface area (Å²) in [6.07, 6.45) is 2.99. The molecule has 1 N–H and O–H groups in total.